The molecule has 4 rings (SSSR count). The van der Waals surface area contributed by atoms with Crippen LogP contribution >= 0.6 is 11.6 Å². The van der Waals surface area contributed by atoms with E-state index < -0.39 is 6.04 Å². The van der Waals surface area contributed by atoms with Crippen molar-refractivity contribution in [2.75, 3.05) is 58.4 Å². The number of amides is 3. The van der Waals surface area contributed by atoms with Gasteiger partial charge in [-0.3, -0.25) is 14.4 Å². The van der Waals surface area contributed by atoms with Gasteiger partial charge in [0.05, 0.1) is 6.61 Å². The van der Waals surface area contributed by atoms with Crippen molar-refractivity contribution >= 4 is 41.1 Å². The van der Waals surface area contributed by atoms with Crippen molar-refractivity contribution in [1.29, 1.82) is 0 Å². The maximum Gasteiger partial charge on any atom is 0.247 e. The third kappa shape index (κ3) is 9.14. The van der Waals surface area contributed by atoms with Crippen molar-refractivity contribution in [1.82, 2.24) is 19.7 Å². The van der Waals surface area contributed by atoms with Gasteiger partial charge < -0.3 is 24.3 Å². The number of halogens is 1. The number of anilines is 1. The molecule has 232 valence electrons. The average molecular weight is 618 g/mol. The normalized spacial score (nSPS) is 14.0. The van der Waals surface area contributed by atoms with Crippen LogP contribution in [0, 0.1) is 0 Å². The van der Waals surface area contributed by atoms with Gasteiger partial charge in [-0.15, -0.1) is 0 Å². The molecule has 1 aliphatic heterocycles. The fourth-order valence-electron chi connectivity index (χ4n) is 5.14. The number of likely N-dealkylation sites (N-methyl/N-ethyl adjacent to an activating group) is 1. The molecule has 3 amide bonds. The quantitative estimate of drug-likeness (QED) is 0.224. The molecule has 3 aromatic rings. The summed E-state index contributed by atoms with van der Waals surface area (Å²) in [6, 6.07) is 20.5. The van der Waals surface area contributed by atoms with E-state index >= 15 is 0 Å². The molecule has 0 aliphatic carbocycles. The minimum Gasteiger partial charge on any atom is -0.383 e. The number of carbonyl (C=O) groups is 3. The van der Waals surface area contributed by atoms with Gasteiger partial charge in [0.15, 0.2) is 0 Å². The number of pyridine rings is 1. The summed E-state index contributed by atoms with van der Waals surface area (Å²) in [5, 5.41) is 0.367. The Bertz CT molecular complexity index is 1410. The van der Waals surface area contributed by atoms with Crippen molar-refractivity contribution in [2.45, 2.75) is 25.9 Å². The molecule has 2 heterocycles. The van der Waals surface area contributed by atoms with Crippen molar-refractivity contribution in [2.24, 2.45) is 0 Å². The van der Waals surface area contributed by atoms with Crippen LogP contribution in [0.5, 0.6) is 0 Å². The fourth-order valence-corrected chi connectivity index (χ4v) is 5.25. The second-order valence-electron chi connectivity index (χ2n) is 10.8. The summed E-state index contributed by atoms with van der Waals surface area (Å²) in [4.78, 5) is 51.0. The minimum absolute atomic E-state index is 0.0959. The van der Waals surface area contributed by atoms with E-state index in [2.05, 4.69) is 9.88 Å². The molecule has 10 heteroatoms. The van der Waals surface area contributed by atoms with E-state index in [9.17, 15) is 14.4 Å². The van der Waals surface area contributed by atoms with Crippen LogP contribution in [0.15, 0.2) is 79.0 Å². The molecule has 0 bridgehead atoms. The second kappa shape index (κ2) is 16.0. The molecule has 1 aliphatic rings. The first-order valence-corrected chi connectivity index (χ1v) is 15.1. The predicted octanol–water partition coefficient (Wildman–Crippen LogP) is 4.16. The van der Waals surface area contributed by atoms with Crippen molar-refractivity contribution < 1.29 is 19.1 Å². The Morgan fingerprint density at radius 2 is 1.68 bits per heavy atom. The van der Waals surface area contributed by atoms with Crippen LogP contribution in [0.25, 0.3) is 6.08 Å². The zero-order valence-corrected chi connectivity index (χ0v) is 26.3. The monoisotopic (exact) mass is 617 g/mol. The van der Waals surface area contributed by atoms with E-state index in [4.69, 9.17) is 16.3 Å². The molecule has 0 unspecified atom stereocenters. The number of rotatable bonds is 12. The van der Waals surface area contributed by atoms with E-state index in [1.807, 2.05) is 59.5 Å². The summed E-state index contributed by atoms with van der Waals surface area (Å²) in [6.07, 6.45) is 5.11. The largest absolute Gasteiger partial charge is 0.383 e. The second-order valence-corrected chi connectivity index (χ2v) is 11.2. The highest BCUT2D eigenvalue weighted by molar-refractivity contribution is 6.29. The first kappa shape index (κ1) is 32.7. The lowest BCUT2D eigenvalue weighted by atomic mass is 10.0. The molecule has 44 heavy (non-hydrogen) atoms. The van der Waals surface area contributed by atoms with Crippen molar-refractivity contribution in [3.05, 3.63) is 101 Å². The van der Waals surface area contributed by atoms with Gasteiger partial charge in [0.1, 0.15) is 11.2 Å². The summed E-state index contributed by atoms with van der Waals surface area (Å²) in [6.45, 7) is 5.53. The summed E-state index contributed by atoms with van der Waals surface area (Å²) in [5.41, 5.74) is 3.63. The van der Waals surface area contributed by atoms with Crippen LogP contribution in [-0.2, 0) is 32.1 Å². The minimum atomic E-state index is -0.751. The van der Waals surface area contributed by atoms with E-state index in [-0.39, 0.29) is 24.3 Å². The lowest BCUT2D eigenvalue weighted by Gasteiger charge is -2.36. The number of ether oxygens (including phenoxy) is 1. The van der Waals surface area contributed by atoms with Gasteiger partial charge in [-0.2, -0.15) is 0 Å². The maximum absolute atomic E-state index is 13.9. The summed E-state index contributed by atoms with van der Waals surface area (Å²) in [5.74, 6) is -0.363. The van der Waals surface area contributed by atoms with E-state index in [0.29, 0.717) is 37.8 Å². The van der Waals surface area contributed by atoms with Crippen LogP contribution < -0.4 is 4.90 Å². The molecular formula is C34H40ClN5O4. The van der Waals surface area contributed by atoms with E-state index in [1.54, 1.807) is 55.3 Å². The van der Waals surface area contributed by atoms with Gasteiger partial charge in [-0.1, -0.05) is 60.1 Å². The van der Waals surface area contributed by atoms with Gasteiger partial charge in [-0.25, -0.2) is 4.98 Å². The molecule has 1 saturated heterocycles. The lowest BCUT2D eigenvalue weighted by Crippen LogP contribution is -2.51. The zero-order valence-electron chi connectivity index (χ0n) is 25.6. The fraction of sp³-hybridized carbons (Fsp3) is 0.353. The highest BCUT2D eigenvalue weighted by Crippen LogP contribution is 2.21. The Balaban J connectivity index is 1.62. The smallest absolute Gasteiger partial charge is 0.247 e. The van der Waals surface area contributed by atoms with Gasteiger partial charge in [-0.05, 0) is 41.0 Å². The van der Waals surface area contributed by atoms with Gasteiger partial charge in [0.25, 0.3) is 0 Å². The Morgan fingerprint density at radius 1 is 0.977 bits per heavy atom. The predicted molar refractivity (Wildman–Crippen MR) is 173 cm³/mol. The number of benzene rings is 2. The maximum atomic E-state index is 13.9. The molecule has 1 fully saturated rings. The number of hydrogen-bond acceptors (Lipinski definition) is 6. The first-order valence-electron chi connectivity index (χ1n) is 14.7. The SMILES string of the molecule is COCCN(C)C(=O)[C@H](Cc1ccccc1)N(Cc1ccc(N2CCN(C(C)=O)CC2)cc1)C(=O)C=Cc1ccc(Cl)nc1. The molecular weight excluding hydrogens is 578 g/mol. The third-order valence-corrected chi connectivity index (χ3v) is 7.99. The van der Waals surface area contributed by atoms with Gasteiger partial charge >= 0.3 is 0 Å². The van der Waals surface area contributed by atoms with Crippen molar-refractivity contribution in [3.63, 3.8) is 0 Å². The molecule has 0 N–H and O–H groups in total. The Hall–Kier alpha value is -4.21. The average Bonchev–Trinajstić information content (AvgIpc) is 3.05. The molecule has 0 saturated carbocycles. The van der Waals surface area contributed by atoms with Crippen LogP contribution in [0.2, 0.25) is 5.15 Å². The number of methoxy groups -OCH3 is 1. The number of piperazine rings is 1. The Morgan fingerprint density at radius 3 is 2.30 bits per heavy atom. The lowest BCUT2D eigenvalue weighted by molar-refractivity contribution is -0.143. The first-order chi connectivity index (χ1) is 21.2. The summed E-state index contributed by atoms with van der Waals surface area (Å²) in [7, 11) is 3.33. The molecule has 1 atom stereocenters. The number of nitrogens with zero attached hydrogens (tertiary/aromatic N) is 5. The van der Waals surface area contributed by atoms with E-state index in [0.717, 1.165) is 35.5 Å². The molecule has 9 nitrogen and oxygen atoms in total. The highest BCUT2D eigenvalue weighted by Gasteiger charge is 2.31. The third-order valence-electron chi connectivity index (χ3n) is 7.77. The number of aromatic nitrogens is 1. The molecule has 1 aromatic heterocycles. The Labute approximate surface area is 264 Å². The van der Waals surface area contributed by atoms with Crippen molar-refractivity contribution in [3.8, 4) is 0 Å². The molecule has 2 aromatic carbocycles. The van der Waals surface area contributed by atoms with E-state index in [1.165, 1.54) is 6.08 Å². The topological polar surface area (TPSA) is 86.3 Å². The van der Waals surface area contributed by atoms with Crippen LogP contribution in [0.4, 0.5) is 5.69 Å². The van der Waals surface area contributed by atoms with Crippen LogP contribution in [0.1, 0.15) is 23.6 Å². The Kier molecular flexibility index (Phi) is 11.9. The van der Waals surface area contributed by atoms with Gasteiger partial charge in [0, 0.05) is 84.7 Å². The summed E-state index contributed by atoms with van der Waals surface area (Å²) < 4.78 is 5.21. The number of hydrogen-bond donors (Lipinski definition) is 0. The number of carbonyl (C=O) groups excluding carboxylic acids is 3. The summed E-state index contributed by atoms with van der Waals surface area (Å²) >= 11 is 5.93. The van der Waals surface area contributed by atoms with Gasteiger partial charge in [0.2, 0.25) is 17.7 Å². The zero-order chi connectivity index (χ0) is 31.5. The molecule has 0 spiro atoms. The van der Waals surface area contributed by atoms with Crippen LogP contribution in [-0.4, -0.2) is 96.9 Å². The standard InChI is InChI=1S/C34H40ClN5O4/c1-26(41)38-17-19-39(20-18-38)30-13-9-29(10-14-30)25-40(33(42)16-12-28-11-15-32(35)36-24-28)31(23-27-7-5-4-6-8-27)34(43)37(2)21-22-44-3/h4-16,24,31H,17-23,25H2,1-3H3/t31-/m0/s1. The van der Waals surface area contributed by atoms with Crippen LogP contribution in [0.3, 0.4) is 0 Å². The molecule has 0 radical (unpaired) electrons. The highest BCUT2D eigenvalue weighted by atomic mass is 35.5.